The van der Waals surface area contributed by atoms with Gasteiger partial charge in [0.15, 0.2) is 10.7 Å². The number of rotatable bonds is 5. The molecule has 1 aromatic carbocycles. The number of halogens is 5. The third kappa shape index (κ3) is 6.44. The first kappa shape index (κ1) is 25.2. The van der Waals surface area contributed by atoms with Crippen molar-refractivity contribution >= 4 is 33.1 Å². The lowest BCUT2D eigenvalue weighted by Gasteiger charge is -2.21. The molecule has 0 spiro atoms. The minimum Gasteiger partial charge on any atom is -0.370 e. The maximum absolute atomic E-state index is 14.6. The zero-order chi connectivity index (χ0) is 23.3. The van der Waals surface area contributed by atoms with Crippen LogP contribution in [-0.4, -0.2) is 59.2 Å². The topological polar surface area (TPSA) is 65.5 Å². The number of hydrogen-bond acceptors (Lipinski definition) is 5. The Bertz CT molecular complexity index is 1020. The number of sulfonamides is 1. The minimum absolute atomic E-state index is 0.0505. The molecule has 1 atom stereocenters. The molecule has 0 amide bonds. The van der Waals surface area contributed by atoms with E-state index in [1.807, 2.05) is 30.8 Å². The van der Waals surface area contributed by atoms with E-state index in [1.165, 1.54) is 11.0 Å². The Kier molecular flexibility index (Phi) is 8.49. The molecule has 2 aromatic rings. The van der Waals surface area contributed by atoms with Crippen molar-refractivity contribution in [1.29, 1.82) is 0 Å². The van der Waals surface area contributed by atoms with Gasteiger partial charge in [0, 0.05) is 25.1 Å². The van der Waals surface area contributed by atoms with E-state index in [9.17, 15) is 26.0 Å². The van der Waals surface area contributed by atoms with E-state index in [4.69, 9.17) is 11.6 Å². The van der Waals surface area contributed by atoms with Gasteiger partial charge in [-0.1, -0.05) is 17.7 Å². The largest absolute Gasteiger partial charge is 0.370 e. The predicted octanol–water partition coefficient (Wildman–Crippen LogP) is 3.93. The van der Waals surface area contributed by atoms with Crippen molar-refractivity contribution in [3.8, 4) is 0 Å². The highest BCUT2D eigenvalue weighted by Crippen LogP contribution is 2.37. The van der Waals surface area contributed by atoms with E-state index < -0.39 is 50.0 Å². The van der Waals surface area contributed by atoms with Crippen LogP contribution in [0.15, 0.2) is 29.2 Å². The number of nitrogens with one attached hydrogen (secondary N) is 1. The smallest absolute Gasteiger partial charge is 0.268 e. The molecule has 31 heavy (non-hydrogen) atoms. The van der Waals surface area contributed by atoms with E-state index in [2.05, 4.69) is 4.98 Å². The van der Waals surface area contributed by atoms with E-state index >= 15 is 0 Å². The summed E-state index contributed by atoms with van der Waals surface area (Å²) < 4.78 is 81.5. The summed E-state index contributed by atoms with van der Waals surface area (Å²) in [7, 11) is 1.24. The van der Waals surface area contributed by atoms with Gasteiger partial charge in [0.25, 0.3) is 10.0 Å². The molecule has 1 aliphatic heterocycles. The van der Waals surface area contributed by atoms with Crippen molar-refractivity contribution < 1.29 is 26.0 Å². The standard InChI is InChI=1S/C16H14ClF4N3O2S.C3H9N/c17-14-11(24-5-4-9(7-18)8-24)6-10(19)16(15(14)21)27(25,26)23-13-3-1-2-12(20)22-13;1-4(2)3/h1-3,6,9H,4-5,7-8H2,(H,22,23);1-3H3. The summed E-state index contributed by atoms with van der Waals surface area (Å²) in [6, 6.07) is 4.07. The fourth-order valence-corrected chi connectivity index (χ4v) is 4.34. The van der Waals surface area contributed by atoms with Gasteiger partial charge >= 0.3 is 0 Å². The molecule has 172 valence electrons. The third-order valence-electron chi connectivity index (χ3n) is 4.16. The first-order chi connectivity index (χ1) is 14.5. The predicted molar refractivity (Wildman–Crippen MR) is 112 cm³/mol. The van der Waals surface area contributed by atoms with Crippen LogP contribution in [0.1, 0.15) is 6.42 Å². The molecule has 1 unspecified atom stereocenters. The number of alkyl halides is 1. The molecule has 1 aromatic heterocycles. The molecule has 12 heteroatoms. The van der Waals surface area contributed by atoms with Crippen LogP contribution in [0.4, 0.5) is 29.1 Å². The van der Waals surface area contributed by atoms with Crippen molar-refractivity contribution in [3.05, 3.63) is 46.9 Å². The molecule has 1 saturated heterocycles. The van der Waals surface area contributed by atoms with Crippen LogP contribution >= 0.6 is 11.6 Å². The highest BCUT2D eigenvalue weighted by Gasteiger charge is 2.32. The van der Waals surface area contributed by atoms with Crippen LogP contribution < -0.4 is 9.62 Å². The summed E-state index contributed by atoms with van der Waals surface area (Å²) >= 11 is 5.93. The highest BCUT2D eigenvalue weighted by atomic mass is 35.5. The molecule has 0 saturated carbocycles. The SMILES string of the molecule is CN(C)C.O=S(=O)(Nc1cccc(F)n1)c1c(F)cc(N2CCC(CF)C2)c(Cl)c1F. The fourth-order valence-electron chi connectivity index (χ4n) is 2.87. The van der Waals surface area contributed by atoms with Gasteiger partial charge in [-0.2, -0.15) is 4.39 Å². The molecule has 0 bridgehead atoms. The van der Waals surface area contributed by atoms with E-state index in [-0.39, 0.29) is 18.2 Å². The number of pyridine rings is 1. The first-order valence-electron chi connectivity index (χ1n) is 9.21. The minimum atomic E-state index is -4.76. The van der Waals surface area contributed by atoms with Crippen molar-refractivity contribution in [2.24, 2.45) is 5.92 Å². The second kappa shape index (κ2) is 10.5. The second-order valence-corrected chi connectivity index (χ2v) is 9.38. The lowest BCUT2D eigenvalue weighted by atomic mass is 10.1. The van der Waals surface area contributed by atoms with Crippen molar-refractivity contribution in [2.45, 2.75) is 11.3 Å². The number of benzene rings is 1. The van der Waals surface area contributed by atoms with Gasteiger partial charge in [-0.05, 0) is 39.7 Å². The quantitative estimate of drug-likeness (QED) is 0.397. The first-order valence-corrected chi connectivity index (χ1v) is 11.1. The summed E-state index contributed by atoms with van der Waals surface area (Å²) in [6.45, 7) is -0.0203. The summed E-state index contributed by atoms with van der Waals surface area (Å²) in [6.07, 6.45) is 0.489. The molecular formula is C19H23ClF4N4O2S. The van der Waals surface area contributed by atoms with Gasteiger partial charge in [0.2, 0.25) is 5.95 Å². The van der Waals surface area contributed by atoms with Gasteiger partial charge in [-0.15, -0.1) is 0 Å². The van der Waals surface area contributed by atoms with Gasteiger partial charge < -0.3 is 9.80 Å². The third-order valence-corrected chi connectivity index (χ3v) is 5.91. The van der Waals surface area contributed by atoms with Crippen LogP contribution in [0.2, 0.25) is 5.02 Å². The Morgan fingerprint density at radius 1 is 1.26 bits per heavy atom. The summed E-state index contributed by atoms with van der Waals surface area (Å²) in [5, 5.41) is -0.594. The molecule has 1 aliphatic rings. The lowest BCUT2D eigenvalue weighted by Crippen LogP contribution is -2.23. The monoisotopic (exact) mass is 482 g/mol. The molecule has 2 heterocycles. The molecule has 1 fully saturated rings. The highest BCUT2D eigenvalue weighted by molar-refractivity contribution is 7.92. The summed E-state index contributed by atoms with van der Waals surface area (Å²) in [5.41, 5.74) is -0.0505. The van der Waals surface area contributed by atoms with E-state index in [0.29, 0.717) is 13.0 Å². The molecule has 0 aliphatic carbocycles. The molecule has 1 N–H and O–H groups in total. The Labute approximate surface area is 183 Å². The van der Waals surface area contributed by atoms with Crippen molar-refractivity contribution in [3.63, 3.8) is 0 Å². The van der Waals surface area contributed by atoms with Crippen molar-refractivity contribution in [2.75, 3.05) is 50.5 Å². The van der Waals surface area contributed by atoms with Gasteiger partial charge in [-0.25, -0.2) is 22.2 Å². The van der Waals surface area contributed by atoms with Gasteiger partial charge in [0.05, 0.1) is 12.4 Å². The zero-order valence-corrected chi connectivity index (χ0v) is 18.7. The average molecular weight is 483 g/mol. The summed E-state index contributed by atoms with van der Waals surface area (Å²) in [5.74, 6) is -4.56. The Morgan fingerprint density at radius 2 is 1.90 bits per heavy atom. The normalized spacial score (nSPS) is 16.3. The fraction of sp³-hybridized carbons (Fsp3) is 0.421. The Hall–Kier alpha value is -2.11. The van der Waals surface area contributed by atoms with Crippen LogP contribution in [0.5, 0.6) is 0 Å². The second-order valence-electron chi connectivity index (χ2n) is 7.38. The summed E-state index contributed by atoms with van der Waals surface area (Å²) in [4.78, 5) is 5.48. The van der Waals surface area contributed by atoms with Crippen molar-refractivity contribution in [1.82, 2.24) is 9.88 Å². The number of aromatic nitrogens is 1. The van der Waals surface area contributed by atoms with Crippen LogP contribution in [0.25, 0.3) is 0 Å². The Morgan fingerprint density at radius 3 is 2.45 bits per heavy atom. The van der Waals surface area contributed by atoms with E-state index in [0.717, 1.165) is 18.2 Å². The Balaban J connectivity index is 0.000000785. The maximum Gasteiger partial charge on any atom is 0.268 e. The van der Waals surface area contributed by atoms with Crippen LogP contribution in [-0.2, 0) is 10.0 Å². The van der Waals surface area contributed by atoms with Crippen LogP contribution in [0.3, 0.4) is 0 Å². The van der Waals surface area contributed by atoms with Crippen LogP contribution in [0, 0.1) is 23.5 Å². The molecular weight excluding hydrogens is 460 g/mol. The molecule has 0 radical (unpaired) electrons. The average Bonchev–Trinajstić information content (AvgIpc) is 3.12. The number of anilines is 2. The molecule has 3 rings (SSSR count). The van der Waals surface area contributed by atoms with Gasteiger partial charge in [0.1, 0.15) is 16.7 Å². The van der Waals surface area contributed by atoms with Gasteiger partial charge in [-0.3, -0.25) is 9.11 Å². The molecule has 6 nitrogen and oxygen atoms in total. The maximum atomic E-state index is 14.6. The van der Waals surface area contributed by atoms with E-state index in [1.54, 1.807) is 0 Å². The zero-order valence-electron chi connectivity index (χ0n) is 17.2. The number of hydrogen-bond donors (Lipinski definition) is 1. The number of nitrogens with zero attached hydrogens (tertiary/aromatic N) is 3. The lowest BCUT2D eigenvalue weighted by molar-refractivity contribution is 0.385.